The first-order chi connectivity index (χ1) is 31.7. The molecule has 64 heavy (non-hydrogen) atoms. The molecule has 0 N–H and O–H groups in total. The number of rotatable bonds is 5. The summed E-state index contributed by atoms with van der Waals surface area (Å²) in [4.78, 5) is 0. The molecule has 2 nitrogen and oxygen atoms in total. The van der Waals surface area contributed by atoms with Gasteiger partial charge in [-0.05, 0) is 170 Å². The fraction of sp³-hybridized carbons (Fsp3) is 0.0645. The van der Waals surface area contributed by atoms with Crippen molar-refractivity contribution in [3.05, 3.63) is 217 Å². The van der Waals surface area contributed by atoms with Crippen molar-refractivity contribution in [3.8, 4) is 67.0 Å². The molecule has 2 heterocycles. The number of benzene rings is 9. The van der Waals surface area contributed by atoms with Crippen molar-refractivity contribution < 1.29 is 0 Å². The molecule has 0 unspecified atom stereocenters. The second-order valence-electron chi connectivity index (χ2n) is 17.8. The summed E-state index contributed by atoms with van der Waals surface area (Å²) in [5.74, 6) is 0. The molecule has 0 saturated carbocycles. The minimum atomic E-state index is 1.01. The molecule has 2 aromatic heterocycles. The minimum Gasteiger partial charge on any atom is -0.313 e. The number of para-hydroxylation sites is 1. The van der Waals surface area contributed by atoms with Crippen LogP contribution >= 0.6 is 0 Å². The Kier molecular flexibility index (Phi) is 7.67. The highest BCUT2D eigenvalue weighted by Gasteiger charge is 2.26. The van der Waals surface area contributed by atoms with Crippen LogP contribution in [-0.2, 0) is 12.8 Å². The number of aryl methyl sites for hydroxylation is 1. The molecule has 11 aromatic rings. The number of hydrogen-bond acceptors (Lipinski definition) is 0. The van der Waals surface area contributed by atoms with Gasteiger partial charge in [-0.3, -0.25) is 0 Å². The van der Waals surface area contributed by atoms with Crippen LogP contribution in [0.3, 0.4) is 0 Å². The average Bonchev–Trinajstić information content (AvgIpc) is 4.00. The number of fused-ring (bicyclic) bond motifs is 11. The number of hydrogen-bond donors (Lipinski definition) is 0. The lowest BCUT2D eigenvalue weighted by Gasteiger charge is -2.16. The summed E-state index contributed by atoms with van der Waals surface area (Å²) in [6.07, 6.45) is 13.7. The molecule has 0 atom stereocenters. The van der Waals surface area contributed by atoms with Crippen LogP contribution in [0.1, 0.15) is 35.2 Å². The maximum Gasteiger partial charge on any atom is 0.0541 e. The summed E-state index contributed by atoms with van der Waals surface area (Å²) >= 11 is 0. The zero-order chi connectivity index (χ0) is 41.9. The largest absolute Gasteiger partial charge is 0.313 e. The molecule has 3 aliphatic rings. The van der Waals surface area contributed by atoms with Crippen LogP contribution in [0.5, 0.6) is 0 Å². The summed E-state index contributed by atoms with van der Waals surface area (Å²) in [5, 5.41) is 6.67. The van der Waals surface area contributed by atoms with Crippen molar-refractivity contribution in [3.63, 3.8) is 0 Å². The van der Waals surface area contributed by atoms with Crippen molar-refractivity contribution in [2.75, 3.05) is 0 Å². The van der Waals surface area contributed by atoms with Crippen molar-refractivity contribution >= 4 is 55.6 Å². The summed E-state index contributed by atoms with van der Waals surface area (Å²) in [5.41, 5.74) is 24.5. The highest BCUT2D eigenvalue weighted by molar-refractivity contribution is 6.17. The molecule has 2 heteroatoms. The van der Waals surface area contributed by atoms with Crippen LogP contribution in [0.2, 0.25) is 0 Å². The molecular weight excluding hydrogens is 773 g/mol. The molecule has 0 amide bonds. The zero-order valence-electron chi connectivity index (χ0n) is 35.4. The third kappa shape index (κ3) is 5.26. The Hall–Kier alpha value is -7.94. The quantitative estimate of drug-likeness (QED) is 0.164. The second kappa shape index (κ2) is 13.8. The monoisotopic (exact) mass is 814 g/mol. The van der Waals surface area contributed by atoms with Crippen LogP contribution in [0, 0.1) is 0 Å². The zero-order valence-corrected chi connectivity index (χ0v) is 35.4. The van der Waals surface area contributed by atoms with Gasteiger partial charge in [0.05, 0.1) is 16.6 Å². The van der Waals surface area contributed by atoms with E-state index in [4.69, 9.17) is 0 Å². The topological polar surface area (TPSA) is 9.86 Å². The van der Waals surface area contributed by atoms with Gasteiger partial charge in [-0.25, -0.2) is 0 Å². The van der Waals surface area contributed by atoms with E-state index in [9.17, 15) is 0 Å². The lowest BCUT2D eigenvalue weighted by molar-refractivity contribution is 0.889. The Morgan fingerprint density at radius 1 is 0.344 bits per heavy atom. The summed E-state index contributed by atoms with van der Waals surface area (Å²) < 4.78 is 4.95. The van der Waals surface area contributed by atoms with E-state index in [-0.39, 0.29) is 0 Å². The average molecular weight is 815 g/mol. The Morgan fingerprint density at radius 2 is 0.969 bits per heavy atom. The summed E-state index contributed by atoms with van der Waals surface area (Å²) in [6.45, 7) is 0. The normalized spacial score (nSPS) is 13.6. The smallest absolute Gasteiger partial charge is 0.0541 e. The highest BCUT2D eigenvalue weighted by atomic mass is 15.0. The molecule has 0 fully saturated rings. The molecule has 0 spiro atoms. The Morgan fingerprint density at radius 3 is 1.83 bits per heavy atom. The van der Waals surface area contributed by atoms with Crippen molar-refractivity contribution in [1.82, 2.24) is 9.13 Å². The molecule has 300 valence electrons. The maximum absolute atomic E-state index is 2.53. The van der Waals surface area contributed by atoms with Gasteiger partial charge in [0, 0.05) is 38.8 Å². The fourth-order valence-electron chi connectivity index (χ4n) is 11.5. The van der Waals surface area contributed by atoms with Crippen molar-refractivity contribution in [2.45, 2.75) is 25.7 Å². The predicted octanol–water partition coefficient (Wildman–Crippen LogP) is 16.4. The first-order valence-electron chi connectivity index (χ1n) is 22.8. The van der Waals surface area contributed by atoms with E-state index in [1.807, 2.05) is 0 Å². The number of allylic oxidation sites excluding steroid dienone is 2. The van der Waals surface area contributed by atoms with E-state index >= 15 is 0 Å². The predicted molar refractivity (Wildman–Crippen MR) is 271 cm³/mol. The van der Waals surface area contributed by atoms with Gasteiger partial charge >= 0.3 is 0 Å². The number of aromatic nitrogens is 2. The summed E-state index contributed by atoms with van der Waals surface area (Å²) in [7, 11) is 0. The Bertz CT molecular complexity index is 3830. The van der Waals surface area contributed by atoms with Crippen LogP contribution in [0.4, 0.5) is 0 Å². The molecular formula is C62H42N2. The third-order valence-electron chi connectivity index (χ3n) is 14.4. The lowest BCUT2D eigenvalue weighted by atomic mass is 9.88. The molecule has 9 aromatic carbocycles. The van der Waals surface area contributed by atoms with Gasteiger partial charge in [-0.1, -0.05) is 140 Å². The summed E-state index contributed by atoms with van der Waals surface area (Å²) in [6, 6.07) is 68.2. The van der Waals surface area contributed by atoms with Gasteiger partial charge in [0.1, 0.15) is 0 Å². The van der Waals surface area contributed by atoms with Gasteiger partial charge in [-0.2, -0.15) is 0 Å². The van der Waals surface area contributed by atoms with Gasteiger partial charge in [0.25, 0.3) is 0 Å². The van der Waals surface area contributed by atoms with E-state index in [0.29, 0.717) is 0 Å². The second-order valence-corrected chi connectivity index (χ2v) is 17.8. The first kappa shape index (κ1) is 35.6. The minimum absolute atomic E-state index is 1.01. The molecule has 3 aliphatic carbocycles. The van der Waals surface area contributed by atoms with Gasteiger partial charge < -0.3 is 9.13 Å². The van der Waals surface area contributed by atoms with Gasteiger partial charge in [-0.15, -0.1) is 0 Å². The van der Waals surface area contributed by atoms with Crippen LogP contribution in [-0.4, -0.2) is 9.13 Å². The molecule has 0 saturated heterocycles. The Balaban J connectivity index is 0.863. The molecule has 14 rings (SSSR count). The van der Waals surface area contributed by atoms with E-state index in [1.54, 1.807) is 0 Å². The number of nitrogens with zero attached hydrogens (tertiary/aromatic N) is 2. The van der Waals surface area contributed by atoms with Crippen molar-refractivity contribution in [1.29, 1.82) is 0 Å². The van der Waals surface area contributed by atoms with Crippen LogP contribution < -0.4 is 0 Å². The van der Waals surface area contributed by atoms with Gasteiger partial charge in [0.2, 0.25) is 0 Å². The lowest BCUT2D eigenvalue weighted by Crippen LogP contribution is -2.03. The van der Waals surface area contributed by atoms with Crippen LogP contribution in [0.25, 0.3) is 123 Å². The third-order valence-corrected chi connectivity index (χ3v) is 14.4. The standard InChI is InChI=1S/C62H42N2/c1-2-13-39(14-3-1)40-16-10-18-46(33-40)63-58-25-8-6-21-50(58)55-36-43(28-31-60(55)63)44-29-32-61-56(37-44)51-22-7-9-26-59(51)64(61)47-19-11-17-41(34-47)42-27-30-49-53-24-12-23-52-48-20-5-4-15-45(48)38-57(62(52)53)54(49)35-42/h1-4,6-8,10-19,21-25,27-38H,5,9,20,26H2. The Labute approximate surface area is 372 Å². The fourth-order valence-corrected chi connectivity index (χ4v) is 11.5. The van der Waals surface area contributed by atoms with E-state index in [2.05, 4.69) is 215 Å². The molecule has 0 bridgehead atoms. The van der Waals surface area contributed by atoms with Crippen molar-refractivity contribution in [2.24, 2.45) is 0 Å². The van der Waals surface area contributed by atoms with E-state index < -0.39 is 0 Å². The molecule has 0 radical (unpaired) electrons. The van der Waals surface area contributed by atoms with E-state index in [1.165, 1.54) is 133 Å². The highest BCUT2D eigenvalue weighted by Crippen LogP contribution is 2.51. The van der Waals surface area contributed by atoms with E-state index in [0.717, 1.165) is 25.7 Å². The SMILES string of the molecule is C1=Cc2cc3c4c(cccc4c2CC1)-c1ccc(-c2cccc(-n4c5c(c6cc(-c7ccc8c(c7)c7ccccc7n8-c7cccc(-c8ccccc8)c7)ccc64)C=CCC5)c2)cc1-3. The first-order valence-corrected chi connectivity index (χ1v) is 22.8. The van der Waals surface area contributed by atoms with Gasteiger partial charge in [0.15, 0.2) is 0 Å². The van der Waals surface area contributed by atoms with Crippen LogP contribution in [0.15, 0.2) is 194 Å². The molecule has 0 aliphatic heterocycles. The maximum atomic E-state index is 2.53.